The van der Waals surface area contributed by atoms with Gasteiger partial charge in [-0.1, -0.05) is 6.92 Å². The average molecular weight is 263 g/mol. The van der Waals surface area contributed by atoms with Gasteiger partial charge in [-0.25, -0.2) is 4.98 Å². The van der Waals surface area contributed by atoms with Crippen LogP contribution < -0.4 is 5.32 Å². The number of nitrogens with zero attached hydrogens (tertiary/aromatic N) is 2. The Kier molecular flexibility index (Phi) is 3.88. The topological polar surface area (TPSA) is 75.1 Å². The third-order valence-corrected chi connectivity index (χ3v) is 3.34. The van der Waals surface area contributed by atoms with E-state index in [2.05, 4.69) is 15.3 Å². The van der Waals surface area contributed by atoms with Crippen LogP contribution in [0.5, 0.6) is 5.75 Å². The van der Waals surface area contributed by atoms with Gasteiger partial charge in [-0.3, -0.25) is 9.78 Å². The number of thiazole rings is 1. The molecule has 2 aromatic heterocycles. The fraction of sp³-hybridized carbons (Fsp3) is 0.250. The maximum Gasteiger partial charge on any atom is 0.253 e. The number of nitrogens with one attached hydrogen (secondary N) is 1. The van der Waals surface area contributed by atoms with Gasteiger partial charge in [-0.2, -0.15) is 0 Å². The first-order valence-corrected chi connectivity index (χ1v) is 6.43. The van der Waals surface area contributed by atoms with Gasteiger partial charge in [-0.05, 0) is 12.5 Å². The van der Waals surface area contributed by atoms with E-state index in [1.807, 2.05) is 12.3 Å². The first kappa shape index (κ1) is 12.5. The Hall–Kier alpha value is -1.95. The Bertz CT molecular complexity index is 528. The molecule has 0 bridgehead atoms. The summed E-state index contributed by atoms with van der Waals surface area (Å²) in [5.74, 6) is -0.287. The van der Waals surface area contributed by atoms with Gasteiger partial charge in [-0.15, -0.1) is 11.3 Å². The Morgan fingerprint density at radius 2 is 2.39 bits per heavy atom. The summed E-state index contributed by atoms with van der Waals surface area (Å²) in [5, 5.41) is 14.9. The van der Waals surface area contributed by atoms with Crippen molar-refractivity contribution in [1.82, 2.24) is 15.3 Å². The van der Waals surface area contributed by atoms with Crippen LogP contribution in [0.15, 0.2) is 30.0 Å². The second-order valence-corrected chi connectivity index (χ2v) is 4.66. The second kappa shape index (κ2) is 5.59. The number of carbonyl (C=O) groups is 1. The molecule has 18 heavy (non-hydrogen) atoms. The van der Waals surface area contributed by atoms with E-state index in [1.165, 1.54) is 29.8 Å². The lowest BCUT2D eigenvalue weighted by molar-refractivity contribution is 0.0934. The first-order chi connectivity index (χ1) is 8.70. The monoisotopic (exact) mass is 263 g/mol. The number of hydrogen-bond acceptors (Lipinski definition) is 5. The molecule has 2 aromatic rings. The Balaban J connectivity index is 2.11. The van der Waals surface area contributed by atoms with E-state index in [4.69, 9.17) is 0 Å². The number of aromatic hydroxyl groups is 1. The van der Waals surface area contributed by atoms with Crippen molar-refractivity contribution in [3.8, 4) is 5.75 Å². The fourth-order valence-corrected chi connectivity index (χ4v) is 2.31. The number of carbonyl (C=O) groups excluding carboxylic acids is 1. The molecule has 0 saturated carbocycles. The van der Waals surface area contributed by atoms with Crippen molar-refractivity contribution >= 4 is 17.2 Å². The van der Waals surface area contributed by atoms with E-state index in [9.17, 15) is 9.90 Å². The van der Waals surface area contributed by atoms with Crippen molar-refractivity contribution < 1.29 is 9.90 Å². The van der Waals surface area contributed by atoms with Gasteiger partial charge in [0, 0.05) is 17.8 Å². The molecular formula is C12H13N3O2S. The highest BCUT2D eigenvalue weighted by atomic mass is 32.1. The molecule has 0 aliphatic rings. The minimum absolute atomic E-state index is 0.0232. The molecular weight excluding hydrogens is 250 g/mol. The average Bonchev–Trinajstić information content (AvgIpc) is 2.89. The van der Waals surface area contributed by atoms with E-state index in [0.717, 1.165) is 11.4 Å². The molecule has 2 heterocycles. The molecule has 2 rings (SSSR count). The van der Waals surface area contributed by atoms with Crippen molar-refractivity contribution in [2.45, 2.75) is 19.4 Å². The molecule has 94 valence electrons. The van der Waals surface area contributed by atoms with E-state index < -0.39 is 0 Å². The zero-order valence-corrected chi connectivity index (χ0v) is 10.6. The lowest BCUT2D eigenvalue weighted by Crippen LogP contribution is -2.28. The van der Waals surface area contributed by atoms with Crippen molar-refractivity contribution in [2.75, 3.05) is 0 Å². The molecule has 1 unspecified atom stereocenters. The quantitative estimate of drug-likeness (QED) is 0.886. The maximum absolute atomic E-state index is 12.0. The van der Waals surface area contributed by atoms with E-state index in [-0.39, 0.29) is 17.7 Å². The molecule has 0 aliphatic heterocycles. The highest BCUT2D eigenvalue weighted by Crippen LogP contribution is 2.19. The Labute approximate surface area is 109 Å². The molecule has 6 heteroatoms. The minimum atomic E-state index is -0.263. The zero-order chi connectivity index (χ0) is 13.0. The second-order valence-electron chi connectivity index (χ2n) is 3.74. The third-order valence-electron chi connectivity index (χ3n) is 2.45. The third kappa shape index (κ3) is 2.84. The maximum atomic E-state index is 12.0. The van der Waals surface area contributed by atoms with Crippen LogP contribution in [0.4, 0.5) is 0 Å². The largest absolute Gasteiger partial charge is 0.506 e. The predicted octanol–water partition coefficient (Wildman–Crippen LogP) is 2.12. The van der Waals surface area contributed by atoms with Crippen LogP contribution in [0, 0.1) is 0 Å². The summed E-state index contributed by atoms with van der Waals surface area (Å²) in [5.41, 5.74) is 0.338. The summed E-state index contributed by atoms with van der Waals surface area (Å²) >= 11 is 1.51. The van der Waals surface area contributed by atoms with Crippen LogP contribution in [0.3, 0.4) is 0 Å². The number of hydrogen-bond donors (Lipinski definition) is 2. The normalized spacial score (nSPS) is 12.1. The lowest BCUT2D eigenvalue weighted by Gasteiger charge is -2.14. The molecule has 0 fully saturated rings. The van der Waals surface area contributed by atoms with Crippen molar-refractivity contribution in [1.29, 1.82) is 0 Å². The van der Waals surface area contributed by atoms with Gasteiger partial charge < -0.3 is 10.4 Å². The number of amides is 1. The lowest BCUT2D eigenvalue weighted by atomic mass is 10.2. The molecule has 0 radical (unpaired) electrons. The summed E-state index contributed by atoms with van der Waals surface area (Å²) in [6.45, 7) is 1.98. The van der Waals surface area contributed by atoms with Crippen molar-refractivity contribution in [2.24, 2.45) is 0 Å². The van der Waals surface area contributed by atoms with Crippen LogP contribution in [-0.2, 0) is 0 Å². The molecule has 2 N–H and O–H groups in total. The number of aromatic nitrogens is 2. The van der Waals surface area contributed by atoms with E-state index >= 15 is 0 Å². The summed E-state index contributed by atoms with van der Waals surface area (Å²) in [4.78, 5) is 19.9. The van der Waals surface area contributed by atoms with Gasteiger partial charge in [0.1, 0.15) is 10.8 Å². The van der Waals surface area contributed by atoms with Crippen LogP contribution in [0.2, 0.25) is 0 Å². The Morgan fingerprint density at radius 3 is 3.00 bits per heavy atom. The van der Waals surface area contributed by atoms with Gasteiger partial charge >= 0.3 is 0 Å². The molecule has 0 spiro atoms. The number of pyridine rings is 1. The van der Waals surface area contributed by atoms with E-state index in [0.29, 0.717) is 5.56 Å². The van der Waals surface area contributed by atoms with Crippen LogP contribution in [0.1, 0.15) is 34.8 Å². The minimum Gasteiger partial charge on any atom is -0.506 e. The van der Waals surface area contributed by atoms with Gasteiger partial charge in [0.15, 0.2) is 0 Å². The number of rotatable bonds is 4. The van der Waals surface area contributed by atoms with Crippen molar-refractivity contribution in [3.05, 3.63) is 40.6 Å². The Morgan fingerprint density at radius 1 is 1.56 bits per heavy atom. The predicted molar refractivity (Wildman–Crippen MR) is 68.5 cm³/mol. The zero-order valence-electron chi connectivity index (χ0n) is 9.83. The fourth-order valence-electron chi connectivity index (χ4n) is 1.54. The van der Waals surface area contributed by atoms with Crippen LogP contribution >= 0.6 is 11.3 Å². The summed E-state index contributed by atoms with van der Waals surface area (Å²) < 4.78 is 0. The standard InChI is InChI=1S/C12H13N3O2S/c1-2-10(12-14-3-4-18-12)15-11(17)8-5-9(16)7-13-6-8/h3-7,10,16H,2H2,1H3,(H,15,17). The molecule has 0 aromatic carbocycles. The highest BCUT2D eigenvalue weighted by Gasteiger charge is 2.16. The highest BCUT2D eigenvalue weighted by molar-refractivity contribution is 7.09. The van der Waals surface area contributed by atoms with E-state index in [1.54, 1.807) is 6.20 Å². The molecule has 0 aliphatic carbocycles. The van der Waals surface area contributed by atoms with Crippen LogP contribution in [0.25, 0.3) is 0 Å². The summed E-state index contributed by atoms with van der Waals surface area (Å²) in [7, 11) is 0. The van der Waals surface area contributed by atoms with Crippen LogP contribution in [-0.4, -0.2) is 21.0 Å². The SMILES string of the molecule is CCC(NC(=O)c1cncc(O)c1)c1nccs1. The van der Waals surface area contributed by atoms with Gasteiger partial charge in [0.25, 0.3) is 5.91 Å². The molecule has 1 amide bonds. The molecule has 5 nitrogen and oxygen atoms in total. The van der Waals surface area contributed by atoms with Gasteiger partial charge in [0.05, 0.1) is 17.8 Å². The van der Waals surface area contributed by atoms with Gasteiger partial charge in [0.2, 0.25) is 0 Å². The van der Waals surface area contributed by atoms with Crippen molar-refractivity contribution in [3.63, 3.8) is 0 Å². The summed E-state index contributed by atoms with van der Waals surface area (Å²) in [6, 6.07) is 1.27. The first-order valence-electron chi connectivity index (χ1n) is 5.55. The smallest absolute Gasteiger partial charge is 0.253 e. The summed E-state index contributed by atoms with van der Waals surface area (Å²) in [6.07, 6.45) is 5.18. The molecule has 0 saturated heterocycles. The molecule has 1 atom stereocenters.